The van der Waals surface area contributed by atoms with E-state index in [1.54, 1.807) is 46.2 Å². The first-order valence-electron chi connectivity index (χ1n) is 23.4. The van der Waals surface area contributed by atoms with Crippen molar-refractivity contribution in [3.05, 3.63) is 154 Å². The summed E-state index contributed by atoms with van der Waals surface area (Å²) in [5.41, 5.74) is 10.2. The lowest BCUT2D eigenvalue weighted by Crippen LogP contribution is -2.43. The molecule has 3 aliphatic heterocycles. The molecule has 7 aromatic rings. The number of fused-ring (bicyclic) bond motifs is 3. The number of rotatable bonds is 11. The SMILES string of the molecule is Cc1c(C(=O)N(c2ccc(O)cc2)c2cnc3c(cnn3C)c2)cc(-c2cc3c(cc2C(=O)N2Cc4ccccc4C[C@H]2C)CN(C(=O)Cc2ccc(OCCN4CCOCC4)cc2)CC3)n1C. The molecule has 4 aromatic carbocycles. The average molecular weight is 913 g/mol. The number of carbonyl (C=O) groups excluding carboxylic acids is 3. The van der Waals surface area contributed by atoms with Gasteiger partial charge in [-0.2, -0.15) is 5.10 Å². The fourth-order valence-electron chi connectivity index (χ4n) is 9.86. The van der Waals surface area contributed by atoms with E-state index >= 15 is 9.59 Å². The predicted molar refractivity (Wildman–Crippen MR) is 260 cm³/mol. The van der Waals surface area contributed by atoms with Gasteiger partial charge < -0.3 is 28.9 Å². The van der Waals surface area contributed by atoms with Crippen LogP contribution in [0.2, 0.25) is 0 Å². The molecule has 0 unspecified atom stereocenters. The van der Waals surface area contributed by atoms with E-state index < -0.39 is 0 Å². The van der Waals surface area contributed by atoms with Crippen LogP contribution in [-0.4, -0.2) is 109 Å². The number of morpholine rings is 1. The van der Waals surface area contributed by atoms with E-state index in [0.29, 0.717) is 66.5 Å². The molecule has 348 valence electrons. The summed E-state index contributed by atoms with van der Waals surface area (Å²) < 4.78 is 15.1. The number of aromatic hydroxyl groups is 1. The maximum Gasteiger partial charge on any atom is 0.264 e. The Bertz CT molecular complexity index is 3030. The third-order valence-electron chi connectivity index (χ3n) is 13.9. The van der Waals surface area contributed by atoms with Gasteiger partial charge in [0.05, 0.1) is 43.3 Å². The molecular formula is C54H56N8O6. The second kappa shape index (κ2) is 18.8. The number of nitrogens with zero attached hydrogens (tertiary/aromatic N) is 8. The number of anilines is 2. The van der Waals surface area contributed by atoms with Crippen molar-refractivity contribution in [2.24, 2.45) is 14.1 Å². The number of aryl methyl sites for hydroxylation is 1. The van der Waals surface area contributed by atoms with Crippen LogP contribution in [0.15, 0.2) is 109 Å². The molecule has 10 rings (SSSR count). The number of aromatic nitrogens is 4. The molecule has 0 radical (unpaired) electrons. The minimum absolute atomic E-state index is 0.0205. The maximum atomic E-state index is 15.2. The molecular weight excluding hydrogens is 857 g/mol. The first kappa shape index (κ1) is 44.5. The highest BCUT2D eigenvalue weighted by Crippen LogP contribution is 2.38. The lowest BCUT2D eigenvalue weighted by molar-refractivity contribution is -0.131. The van der Waals surface area contributed by atoms with Crippen LogP contribution >= 0.6 is 0 Å². The Morgan fingerprint density at radius 1 is 0.824 bits per heavy atom. The van der Waals surface area contributed by atoms with Crippen molar-refractivity contribution < 1.29 is 29.0 Å². The van der Waals surface area contributed by atoms with Crippen molar-refractivity contribution in [1.82, 2.24) is 34.0 Å². The minimum Gasteiger partial charge on any atom is -0.508 e. The summed E-state index contributed by atoms with van der Waals surface area (Å²) >= 11 is 0. The average Bonchev–Trinajstić information content (AvgIpc) is 3.88. The Balaban J connectivity index is 0.958. The van der Waals surface area contributed by atoms with Crippen LogP contribution in [0.1, 0.15) is 61.2 Å². The number of hydrogen-bond acceptors (Lipinski definition) is 9. The van der Waals surface area contributed by atoms with Crippen LogP contribution in [0.25, 0.3) is 22.3 Å². The number of carbonyl (C=O) groups is 3. The van der Waals surface area contributed by atoms with Gasteiger partial charge in [-0.15, -0.1) is 0 Å². The van der Waals surface area contributed by atoms with Crippen molar-refractivity contribution in [1.29, 1.82) is 0 Å². The normalized spacial score (nSPS) is 16.1. The van der Waals surface area contributed by atoms with Crippen LogP contribution in [0.5, 0.6) is 11.5 Å². The predicted octanol–water partition coefficient (Wildman–Crippen LogP) is 7.39. The van der Waals surface area contributed by atoms with Gasteiger partial charge >= 0.3 is 0 Å². The lowest BCUT2D eigenvalue weighted by atomic mass is 9.89. The van der Waals surface area contributed by atoms with Gasteiger partial charge in [0.2, 0.25) is 5.91 Å². The van der Waals surface area contributed by atoms with Gasteiger partial charge in [-0.05, 0) is 115 Å². The molecule has 0 saturated carbocycles. The first-order chi connectivity index (χ1) is 33.0. The summed E-state index contributed by atoms with van der Waals surface area (Å²) in [5, 5.41) is 15.3. The summed E-state index contributed by atoms with van der Waals surface area (Å²) in [6.07, 6.45) is 4.97. The van der Waals surface area contributed by atoms with Crippen LogP contribution in [-0.2, 0) is 56.0 Å². The topological polar surface area (TPSA) is 138 Å². The smallest absolute Gasteiger partial charge is 0.264 e. The van der Waals surface area contributed by atoms with E-state index in [0.717, 1.165) is 83.9 Å². The standard InChI is InChI=1S/C54H56N8O6/c1-35-25-38-7-5-6-8-40(38)34-61(35)53(65)49-29-42-33-60(51(64)26-37-9-15-46(16-10-37)68-24-21-59-19-22-67-23-20-59)18-17-39(42)28-48(49)50-30-47(36(2)57(50)3)54(66)62(43-11-13-45(63)14-12-43)44-27-41-31-56-58(4)52(41)55-32-44/h5-16,27-32,35,63H,17-26,33-34H2,1-4H3/t35-/m1/s1. The Kier molecular flexibility index (Phi) is 12.3. The molecule has 6 heterocycles. The van der Waals surface area contributed by atoms with E-state index in [-0.39, 0.29) is 35.9 Å². The number of phenols is 1. The monoisotopic (exact) mass is 912 g/mol. The van der Waals surface area contributed by atoms with E-state index in [4.69, 9.17) is 9.47 Å². The number of amides is 3. The van der Waals surface area contributed by atoms with Crippen molar-refractivity contribution in [3.8, 4) is 22.8 Å². The van der Waals surface area contributed by atoms with Gasteiger partial charge in [-0.25, -0.2) is 4.98 Å². The number of phenolic OH excluding ortho intramolecular Hbond substituents is 1. The minimum atomic E-state index is -0.299. The van der Waals surface area contributed by atoms with Crippen molar-refractivity contribution >= 4 is 40.1 Å². The summed E-state index contributed by atoms with van der Waals surface area (Å²) in [6.45, 7) is 10.2. The molecule has 0 spiro atoms. The zero-order valence-corrected chi connectivity index (χ0v) is 39.0. The highest BCUT2D eigenvalue weighted by Gasteiger charge is 2.33. The summed E-state index contributed by atoms with van der Waals surface area (Å²) in [6, 6.07) is 30.4. The highest BCUT2D eigenvalue weighted by molar-refractivity contribution is 6.13. The number of benzene rings is 4. The third kappa shape index (κ3) is 8.84. The van der Waals surface area contributed by atoms with E-state index in [1.807, 2.05) is 90.0 Å². The molecule has 14 heteroatoms. The molecule has 1 atom stereocenters. The summed E-state index contributed by atoms with van der Waals surface area (Å²) in [7, 11) is 3.74. The van der Waals surface area contributed by atoms with Crippen molar-refractivity contribution in [2.45, 2.75) is 52.2 Å². The molecule has 14 nitrogen and oxygen atoms in total. The molecule has 68 heavy (non-hydrogen) atoms. The van der Waals surface area contributed by atoms with Gasteiger partial charge in [0.25, 0.3) is 11.8 Å². The Morgan fingerprint density at radius 2 is 1.59 bits per heavy atom. The largest absolute Gasteiger partial charge is 0.508 e. The van der Waals surface area contributed by atoms with E-state index in [1.165, 1.54) is 5.56 Å². The Morgan fingerprint density at radius 3 is 2.37 bits per heavy atom. The second-order valence-corrected chi connectivity index (χ2v) is 18.2. The fraction of sp³-hybridized carbons (Fsp3) is 0.315. The van der Waals surface area contributed by atoms with E-state index in [2.05, 4.69) is 40.1 Å². The number of ether oxygens (including phenoxy) is 2. The van der Waals surface area contributed by atoms with Gasteiger partial charge in [0, 0.05) is 93.0 Å². The summed E-state index contributed by atoms with van der Waals surface area (Å²) in [4.78, 5) is 56.6. The van der Waals surface area contributed by atoms with Crippen LogP contribution < -0.4 is 9.64 Å². The third-order valence-corrected chi connectivity index (χ3v) is 13.9. The molecule has 1 saturated heterocycles. The number of pyridine rings is 1. The van der Waals surface area contributed by atoms with Crippen molar-refractivity contribution in [2.75, 3.05) is 50.9 Å². The zero-order chi connectivity index (χ0) is 47.1. The number of hydrogen-bond donors (Lipinski definition) is 1. The molecule has 3 amide bonds. The Labute approximate surface area is 395 Å². The lowest BCUT2D eigenvalue weighted by Gasteiger charge is -2.36. The fourth-order valence-corrected chi connectivity index (χ4v) is 9.86. The molecule has 3 aromatic heterocycles. The molecule has 3 aliphatic rings. The quantitative estimate of drug-likeness (QED) is 0.141. The second-order valence-electron chi connectivity index (χ2n) is 18.2. The van der Waals surface area contributed by atoms with Gasteiger partial charge in [0.15, 0.2) is 5.65 Å². The van der Waals surface area contributed by atoms with Crippen molar-refractivity contribution in [3.63, 3.8) is 0 Å². The van der Waals surface area contributed by atoms with Gasteiger partial charge in [-0.3, -0.25) is 28.9 Å². The van der Waals surface area contributed by atoms with Gasteiger partial charge in [0.1, 0.15) is 18.1 Å². The highest BCUT2D eigenvalue weighted by atomic mass is 16.5. The van der Waals surface area contributed by atoms with Crippen LogP contribution in [0.4, 0.5) is 11.4 Å². The van der Waals surface area contributed by atoms with Crippen LogP contribution in [0, 0.1) is 6.92 Å². The molecule has 1 N–H and O–H groups in total. The summed E-state index contributed by atoms with van der Waals surface area (Å²) in [5.74, 6) is 0.476. The molecule has 1 fully saturated rings. The maximum absolute atomic E-state index is 15.2. The Hall–Kier alpha value is -7.29. The van der Waals surface area contributed by atoms with Crippen LogP contribution in [0.3, 0.4) is 0 Å². The van der Waals surface area contributed by atoms with E-state index in [9.17, 15) is 9.90 Å². The van der Waals surface area contributed by atoms with Gasteiger partial charge in [-0.1, -0.05) is 36.4 Å². The first-order valence-corrected chi connectivity index (χ1v) is 23.4. The molecule has 0 aliphatic carbocycles. The zero-order valence-electron chi connectivity index (χ0n) is 39.0. The molecule has 0 bridgehead atoms.